The van der Waals surface area contributed by atoms with Gasteiger partial charge in [-0.2, -0.15) is 0 Å². The van der Waals surface area contributed by atoms with Gasteiger partial charge in [-0.05, 0) is 30.9 Å². The van der Waals surface area contributed by atoms with Crippen molar-refractivity contribution in [3.05, 3.63) is 40.3 Å². The van der Waals surface area contributed by atoms with Gasteiger partial charge in [0.2, 0.25) is 0 Å². The van der Waals surface area contributed by atoms with Crippen molar-refractivity contribution in [2.24, 2.45) is 0 Å². The Morgan fingerprint density at radius 1 is 1.32 bits per heavy atom. The number of amides is 1. The zero-order chi connectivity index (χ0) is 17.6. The molecule has 1 amide bonds. The summed E-state index contributed by atoms with van der Waals surface area (Å²) in [4.78, 5) is 22.7. The van der Waals surface area contributed by atoms with Gasteiger partial charge in [-0.15, -0.1) is 23.1 Å². The number of carbonyl (C=O) groups is 1. The molecule has 3 rings (SSSR count). The van der Waals surface area contributed by atoms with Crippen molar-refractivity contribution < 1.29 is 9.53 Å². The van der Waals surface area contributed by atoms with Crippen LogP contribution in [0.4, 0.5) is 0 Å². The Hall–Kier alpha value is -1.57. The van der Waals surface area contributed by atoms with Gasteiger partial charge in [0.25, 0.3) is 5.91 Å². The molecule has 2 aromatic rings. The van der Waals surface area contributed by atoms with E-state index in [0.29, 0.717) is 11.3 Å². The molecule has 0 radical (unpaired) electrons. The molecule has 1 saturated heterocycles. The fraction of sp³-hybridized carbons (Fsp3) is 0.444. The van der Waals surface area contributed by atoms with E-state index < -0.39 is 0 Å². The van der Waals surface area contributed by atoms with E-state index in [1.165, 1.54) is 0 Å². The molecule has 25 heavy (non-hydrogen) atoms. The summed E-state index contributed by atoms with van der Waals surface area (Å²) < 4.78 is 5.44. The third kappa shape index (κ3) is 4.54. The summed E-state index contributed by atoms with van der Waals surface area (Å²) in [5.74, 6) is 0.710. The highest BCUT2D eigenvalue weighted by Crippen LogP contribution is 2.26. The standard InChI is InChI=1S/C18H23N3O2S2/c1-23-16-12-14(24-2)4-5-15(16)18(22)21-8-3-7-20(9-10-21)13-17-19-6-11-25-17/h4-6,11-12H,3,7-10,13H2,1-2H3. The largest absolute Gasteiger partial charge is 0.496 e. The van der Waals surface area contributed by atoms with Gasteiger partial charge < -0.3 is 9.64 Å². The highest BCUT2D eigenvalue weighted by molar-refractivity contribution is 7.98. The van der Waals surface area contributed by atoms with Crippen LogP contribution < -0.4 is 4.74 Å². The Morgan fingerprint density at radius 3 is 2.92 bits per heavy atom. The fourth-order valence-electron chi connectivity index (χ4n) is 3.00. The van der Waals surface area contributed by atoms with Gasteiger partial charge in [0, 0.05) is 42.7 Å². The number of benzene rings is 1. The number of methoxy groups -OCH3 is 1. The Bertz CT molecular complexity index is 706. The number of carbonyl (C=O) groups excluding carboxylic acids is 1. The summed E-state index contributed by atoms with van der Waals surface area (Å²) in [6.45, 7) is 4.24. The van der Waals surface area contributed by atoms with Crippen LogP contribution in [0.3, 0.4) is 0 Å². The Morgan fingerprint density at radius 2 is 2.20 bits per heavy atom. The van der Waals surface area contributed by atoms with Gasteiger partial charge in [-0.1, -0.05) is 0 Å². The van der Waals surface area contributed by atoms with E-state index in [2.05, 4.69) is 9.88 Å². The lowest BCUT2D eigenvalue weighted by Crippen LogP contribution is -2.35. The minimum Gasteiger partial charge on any atom is -0.496 e. The van der Waals surface area contributed by atoms with Gasteiger partial charge in [0.15, 0.2) is 0 Å². The first kappa shape index (κ1) is 18.2. The number of nitrogens with zero attached hydrogens (tertiary/aromatic N) is 3. The van der Waals surface area contributed by atoms with Gasteiger partial charge in [-0.3, -0.25) is 9.69 Å². The van der Waals surface area contributed by atoms with E-state index >= 15 is 0 Å². The Balaban J connectivity index is 1.66. The van der Waals surface area contributed by atoms with Gasteiger partial charge in [0.05, 0.1) is 19.2 Å². The molecule has 1 aliphatic rings. The number of thiazole rings is 1. The third-order valence-electron chi connectivity index (χ3n) is 4.36. The summed E-state index contributed by atoms with van der Waals surface area (Å²) in [6.07, 6.45) is 4.84. The summed E-state index contributed by atoms with van der Waals surface area (Å²) in [6, 6.07) is 5.79. The van der Waals surface area contributed by atoms with Crippen LogP contribution >= 0.6 is 23.1 Å². The van der Waals surface area contributed by atoms with Crippen LogP contribution in [0.2, 0.25) is 0 Å². The summed E-state index contributed by atoms with van der Waals surface area (Å²) in [7, 11) is 1.62. The van der Waals surface area contributed by atoms with Gasteiger partial charge in [-0.25, -0.2) is 4.98 Å². The second kappa shape index (κ2) is 8.69. The molecule has 1 fully saturated rings. The van der Waals surface area contributed by atoms with Crippen molar-refractivity contribution in [1.29, 1.82) is 0 Å². The Labute approximate surface area is 157 Å². The molecule has 0 unspecified atom stereocenters. The van der Waals surface area contributed by atoms with Crippen LogP contribution in [0.1, 0.15) is 21.8 Å². The number of hydrogen-bond acceptors (Lipinski definition) is 6. The van der Waals surface area contributed by atoms with Crippen LogP contribution in [0, 0.1) is 0 Å². The zero-order valence-electron chi connectivity index (χ0n) is 14.6. The smallest absolute Gasteiger partial charge is 0.257 e. The fourth-order valence-corrected chi connectivity index (χ4v) is 4.09. The van der Waals surface area contributed by atoms with Crippen molar-refractivity contribution in [3.8, 4) is 5.75 Å². The minimum atomic E-state index is 0.0561. The molecule has 5 nitrogen and oxygen atoms in total. The predicted molar refractivity (Wildman–Crippen MR) is 103 cm³/mol. The predicted octanol–water partition coefficient (Wildman–Crippen LogP) is 3.22. The number of aromatic nitrogens is 1. The molecular weight excluding hydrogens is 354 g/mol. The van der Waals surface area contributed by atoms with E-state index in [9.17, 15) is 4.79 Å². The number of hydrogen-bond donors (Lipinski definition) is 0. The average molecular weight is 378 g/mol. The third-order valence-corrected chi connectivity index (χ3v) is 5.85. The molecule has 1 aliphatic heterocycles. The summed E-state index contributed by atoms with van der Waals surface area (Å²) in [5.41, 5.74) is 0.647. The maximum absolute atomic E-state index is 13.0. The second-order valence-electron chi connectivity index (χ2n) is 5.91. The minimum absolute atomic E-state index is 0.0561. The summed E-state index contributed by atoms with van der Waals surface area (Å²) in [5, 5.41) is 3.14. The quantitative estimate of drug-likeness (QED) is 0.749. The SMILES string of the molecule is COc1cc(SC)ccc1C(=O)N1CCCN(Cc2nccs2)CC1. The van der Waals surface area contributed by atoms with Crippen molar-refractivity contribution in [1.82, 2.24) is 14.8 Å². The van der Waals surface area contributed by atoms with Crippen LogP contribution in [0.5, 0.6) is 5.75 Å². The van der Waals surface area contributed by atoms with Gasteiger partial charge in [0.1, 0.15) is 10.8 Å². The Kier molecular flexibility index (Phi) is 6.34. The molecule has 0 spiro atoms. The molecular formula is C18H23N3O2S2. The summed E-state index contributed by atoms with van der Waals surface area (Å²) >= 11 is 3.33. The molecule has 1 aromatic heterocycles. The molecule has 7 heteroatoms. The molecule has 1 aromatic carbocycles. The second-order valence-corrected chi connectivity index (χ2v) is 7.77. The van der Waals surface area contributed by atoms with Crippen molar-refractivity contribution >= 4 is 29.0 Å². The van der Waals surface area contributed by atoms with Crippen molar-refractivity contribution in [2.75, 3.05) is 39.5 Å². The normalized spacial score (nSPS) is 15.8. The zero-order valence-corrected chi connectivity index (χ0v) is 16.2. The molecule has 0 N–H and O–H groups in total. The molecule has 2 heterocycles. The van der Waals surface area contributed by atoms with Crippen molar-refractivity contribution in [2.45, 2.75) is 17.9 Å². The number of thioether (sulfide) groups is 1. The lowest BCUT2D eigenvalue weighted by Gasteiger charge is -2.22. The van der Waals surface area contributed by atoms with Crippen molar-refractivity contribution in [3.63, 3.8) is 0 Å². The van der Waals surface area contributed by atoms with Gasteiger partial charge >= 0.3 is 0 Å². The molecule has 0 saturated carbocycles. The highest BCUT2D eigenvalue weighted by atomic mass is 32.2. The molecule has 0 bridgehead atoms. The molecule has 134 valence electrons. The van der Waals surface area contributed by atoms with Crippen LogP contribution in [-0.4, -0.2) is 60.2 Å². The first-order valence-corrected chi connectivity index (χ1v) is 10.4. The first-order chi connectivity index (χ1) is 12.2. The lowest BCUT2D eigenvalue weighted by atomic mass is 10.1. The molecule has 0 atom stereocenters. The van der Waals surface area contributed by atoms with E-state index in [1.807, 2.05) is 40.9 Å². The van der Waals surface area contributed by atoms with Crippen LogP contribution in [0.25, 0.3) is 0 Å². The van der Waals surface area contributed by atoms with E-state index in [-0.39, 0.29) is 5.91 Å². The highest BCUT2D eigenvalue weighted by Gasteiger charge is 2.23. The van der Waals surface area contributed by atoms with Crippen LogP contribution in [-0.2, 0) is 6.54 Å². The van der Waals surface area contributed by atoms with Crippen LogP contribution in [0.15, 0.2) is 34.7 Å². The maximum atomic E-state index is 13.0. The molecule has 0 aliphatic carbocycles. The van der Waals surface area contributed by atoms with E-state index in [0.717, 1.165) is 49.0 Å². The maximum Gasteiger partial charge on any atom is 0.257 e. The topological polar surface area (TPSA) is 45.7 Å². The lowest BCUT2D eigenvalue weighted by molar-refractivity contribution is 0.0757. The average Bonchev–Trinajstić information content (AvgIpc) is 3.04. The number of ether oxygens (including phenoxy) is 1. The van der Waals surface area contributed by atoms with E-state index in [4.69, 9.17) is 4.74 Å². The number of rotatable bonds is 5. The monoisotopic (exact) mass is 377 g/mol. The van der Waals surface area contributed by atoms with E-state index in [1.54, 1.807) is 30.2 Å². The first-order valence-electron chi connectivity index (χ1n) is 8.33.